The van der Waals surface area contributed by atoms with Gasteiger partial charge >= 0.3 is 0 Å². The number of benzene rings is 1. The van der Waals surface area contributed by atoms with Crippen molar-refractivity contribution in [3.05, 3.63) is 51.7 Å². The minimum atomic E-state index is 0.244. The molecule has 2 aromatic rings. The molecule has 4 rings (SSSR count). The van der Waals surface area contributed by atoms with Crippen molar-refractivity contribution in [2.45, 2.75) is 51.2 Å². The smallest absolute Gasteiger partial charge is 0.0895 e. The van der Waals surface area contributed by atoms with Gasteiger partial charge in [0.25, 0.3) is 0 Å². The number of anilines is 1. The summed E-state index contributed by atoms with van der Waals surface area (Å²) in [6.07, 6.45) is 3.84. The van der Waals surface area contributed by atoms with Crippen molar-refractivity contribution >= 4 is 17.0 Å². The van der Waals surface area contributed by atoms with Crippen molar-refractivity contribution in [3.63, 3.8) is 0 Å². The average Bonchev–Trinajstić information content (AvgIpc) is 3.14. The lowest BCUT2D eigenvalue weighted by atomic mass is 9.77. The Balaban J connectivity index is 1.74. The summed E-state index contributed by atoms with van der Waals surface area (Å²) in [7, 11) is 0. The van der Waals surface area contributed by atoms with Gasteiger partial charge in [0.05, 0.1) is 12.1 Å². The van der Waals surface area contributed by atoms with Crippen LogP contribution in [-0.2, 0) is 4.74 Å². The normalized spacial score (nSPS) is 27.7. The molecular weight excluding hydrogens is 302 g/mol. The van der Waals surface area contributed by atoms with E-state index in [1.807, 2.05) is 0 Å². The van der Waals surface area contributed by atoms with Crippen molar-refractivity contribution in [2.24, 2.45) is 5.92 Å². The molecule has 4 atom stereocenters. The topological polar surface area (TPSA) is 21.3 Å². The van der Waals surface area contributed by atoms with Crippen LogP contribution in [0.15, 0.2) is 35.0 Å². The van der Waals surface area contributed by atoms with E-state index in [0.717, 1.165) is 6.61 Å². The van der Waals surface area contributed by atoms with Crippen LogP contribution in [0.25, 0.3) is 0 Å². The van der Waals surface area contributed by atoms with Gasteiger partial charge in [-0.3, -0.25) is 0 Å². The number of thiophene rings is 1. The summed E-state index contributed by atoms with van der Waals surface area (Å²) in [5.74, 6) is 1.15. The Hall–Kier alpha value is -1.32. The largest absolute Gasteiger partial charge is 0.378 e. The minimum Gasteiger partial charge on any atom is -0.378 e. The second-order valence-electron chi connectivity index (χ2n) is 6.93. The summed E-state index contributed by atoms with van der Waals surface area (Å²) in [5, 5.41) is 8.27. The molecule has 4 unspecified atom stereocenters. The van der Waals surface area contributed by atoms with Gasteiger partial charge in [-0.1, -0.05) is 26.0 Å². The molecule has 0 spiro atoms. The standard InChI is InChI=1S/C20H25NOS/c1-3-13(2)14-6-7-18-17(11-14)20-16(5-4-9-22-20)19(21-18)15-8-10-23-12-15/h6-8,10-13,16,19-21H,3-5,9H2,1-2H3. The maximum absolute atomic E-state index is 6.27. The van der Waals surface area contributed by atoms with Crippen LogP contribution in [0.5, 0.6) is 0 Å². The first-order valence-electron chi connectivity index (χ1n) is 8.82. The number of ether oxygens (including phenoxy) is 1. The summed E-state index contributed by atoms with van der Waals surface area (Å²) in [6, 6.07) is 9.59. The Kier molecular flexibility index (Phi) is 4.16. The highest BCUT2D eigenvalue weighted by Gasteiger charge is 2.40. The van der Waals surface area contributed by atoms with Crippen LogP contribution in [0.3, 0.4) is 0 Å². The molecule has 2 nitrogen and oxygen atoms in total. The summed E-state index contributed by atoms with van der Waals surface area (Å²) < 4.78 is 6.27. The van der Waals surface area contributed by atoms with E-state index in [1.165, 1.54) is 41.6 Å². The van der Waals surface area contributed by atoms with Gasteiger partial charge < -0.3 is 10.1 Å². The zero-order chi connectivity index (χ0) is 15.8. The molecule has 0 amide bonds. The molecule has 0 aliphatic carbocycles. The Morgan fingerprint density at radius 3 is 3.04 bits per heavy atom. The lowest BCUT2D eigenvalue weighted by Gasteiger charge is -2.43. The lowest BCUT2D eigenvalue weighted by Crippen LogP contribution is -2.35. The van der Waals surface area contributed by atoms with E-state index in [1.54, 1.807) is 11.3 Å². The predicted octanol–water partition coefficient (Wildman–Crippen LogP) is 5.90. The SMILES string of the molecule is CCC(C)c1ccc2c(c1)C1OCCCC1C(c1ccsc1)N2. The summed E-state index contributed by atoms with van der Waals surface area (Å²) in [6.45, 7) is 5.46. The molecule has 0 bridgehead atoms. The van der Waals surface area contributed by atoms with Gasteiger partial charge in [-0.05, 0) is 59.2 Å². The number of rotatable bonds is 3. The van der Waals surface area contributed by atoms with Gasteiger partial charge in [-0.2, -0.15) is 11.3 Å². The van der Waals surface area contributed by atoms with Gasteiger partial charge in [-0.25, -0.2) is 0 Å². The molecule has 23 heavy (non-hydrogen) atoms. The van der Waals surface area contributed by atoms with E-state index < -0.39 is 0 Å². The molecule has 1 N–H and O–H groups in total. The zero-order valence-electron chi connectivity index (χ0n) is 13.9. The van der Waals surface area contributed by atoms with Crippen LogP contribution in [0.2, 0.25) is 0 Å². The molecule has 3 heteroatoms. The van der Waals surface area contributed by atoms with Crippen LogP contribution in [0, 0.1) is 5.92 Å². The fraction of sp³-hybridized carbons (Fsp3) is 0.500. The van der Waals surface area contributed by atoms with Crippen molar-refractivity contribution < 1.29 is 4.74 Å². The Morgan fingerprint density at radius 2 is 2.26 bits per heavy atom. The maximum atomic E-state index is 6.27. The quantitative estimate of drug-likeness (QED) is 0.758. The first-order valence-corrected chi connectivity index (χ1v) is 9.76. The van der Waals surface area contributed by atoms with Gasteiger partial charge in [0.15, 0.2) is 0 Å². The maximum Gasteiger partial charge on any atom is 0.0895 e. The third-order valence-electron chi connectivity index (χ3n) is 5.57. The van der Waals surface area contributed by atoms with Crippen LogP contribution in [-0.4, -0.2) is 6.61 Å². The molecule has 0 saturated carbocycles. The van der Waals surface area contributed by atoms with Crippen molar-refractivity contribution in [1.29, 1.82) is 0 Å². The van der Waals surface area contributed by atoms with Gasteiger partial charge in [0.2, 0.25) is 0 Å². The third-order valence-corrected chi connectivity index (χ3v) is 6.27. The highest BCUT2D eigenvalue weighted by Crippen LogP contribution is 2.49. The predicted molar refractivity (Wildman–Crippen MR) is 97.2 cm³/mol. The first-order chi connectivity index (χ1) is 11.3. The number of nitrogens with one attached hydrogen (secondary N) is 1. The van der Waals surface area contributed by atoms with Crippen LogP contribution in [0.1, 0.15) is 67.9 Å². The van der Waals surface area contributed by atoms with Crippen LogP contribution >= 0.6 is 11.3 Å². The van der Waals surface area contributed by atoms with E-state index >= 15 is 0 Å². The van der Waals surface area contributed by atoms with E-state index in [-0.39, 0.29) is 6.10 Å². The number of fused-ring (bicyclic) bond motifs is 3. The van der Waals surface area contributed by atoms with Gasteiger partial charge in [0, 0.05) is 23.8 Å². The fourth-order valence-electron chi connectivity index (χ4n) is 4.01. The van der Waals surface area contributed by atoms with E-state index in [9.17, 15) is 0 Å². The Labute approximate surface area is 142 Å². The first kappa shape index (κ1) is 15.2. The summed E-state index contributed by atoms with van der Waals surface area (Å²) in [4.78, 5) is 0. The molecule has 2 aliphatic rings. The third kappa shape index (κ3) is 2.70. The highest BCUT2D eigenvalue weighted by atomic mass is 32.1. The molecular formula is C20H25NOS. The summed E-state index contributed by atoms with van der Waals surface area (Å²) >= 11 is 1.78. The van der Waals surface area contributed by atoms with E-state index in [2.05, 4.69) is 54.2 Å². The molecule has 0 radical (unpaired) electrons. The van der Waals surface area contributed by atoms with Gasteiger partial charge in [0.1, 0.15) is 0 Å². The molecule has 3 heterocycles. The second-order valence-corrected chi connectivity index (χ2v) is 7.71. The minimum absolute atomic E-state index is 0.244. The number of hydrogen-bond acceptors (Lipinski definition) is 3. The van der Waals surface area contributed by atoms with Crippen molar-refractivity contribution in [2.75, 3.05) is 11.9 Å². The molecule has 122 valence electrons. The number of hydrogen-bond donors (Lipinski definition) is 1. The van der Waals surface area contributed by atoms with Crippen molar-refractivity contribution in [3.8, 4) is 0 Å². The monoisotopic (exact) mass is 327 g/mol. The highest BCUT2D eigenvalue weighted by molar-refractivity contribution is 7.08. The fourth-order valence-corrected chi connectivity index (χ4v) is 4.71. The lowest BCUT2D eigenvalue weighted by molar-refractivity contribution is -0.0381. The average molecular weight is 327 g/mol. The summed E-state index contributed by atoms with van der Waals surface area (Å²) in [5.41, 5.74) is 5.48. The molecule has 1 fully saturated rings. The molecule has 1 aromatic carbocycles. The van der Waals surface area contributed by atoms with Crippen molar-refractivity contribution in [1.82, 2.24) is 0 Å². The van der Waals surface area contributed by atoms with E-state index in [4.69, 9.17) is 4.74 Å². The van der Waals surface area contributed by atoms with E-state index in [0.29, 0.717) is 17.9 Å². The molecule has 1 aromatic heterocycles. The Bertz CT molecular complexity index is 666. The van der Waals surface area contributed by atoms with Crippen LogP contribution < -0.4 is 5.32 Å². The van der Waals surface area contributed by atoms with Gasteiger partial charge in [-0.15, -0.1) is 0 Å². The second kappa shape index (κ2) is 6.29. The zero-order valence-corrected chi connectivity index (χ0v) is 14.7. The molecule has 2 aliphatic heterocycles. The van der Waals surface area contributed by atoms with Crippen LogP contribution in [0.4, 0.5) is 5.69 Å². The molecule has 1 saturated heterocycles. The Morgan fingerprint density at radius 1 is 1.35 bits per heavy atom.